The Balaban J connectivity index is 1.56. The summed E-state index contributed by atoms with van der Waals surface area (Å²) in [6.45, 7) is 2.65. The number of halogens is 1. The van der Waals surface area contributed by atoms with E-state index in [4.69, 9.17) is 0 Å². The zero-order chi connectivity index (χ0) is 20.5. The molecule has 0 fully saturated rings. The van der Waals surface area contributed by atoms with Crippen molar-refractivity contribution in [1.29, 1.82) is 5.26 Å². The highest BCUT2D eigenvalue weighted by atomic mass is 32.1. The molecule has 7 nitrogen and oxygen atoms in total. The number of carbonyl (C=O) groups is 2. The number of fused-ring (bicyclic) bond motifs is 1. The summed E-state index contributed by atoms with van der Waals surface area (Å²) in [6.07, 6.45) is 0.524. The standard InChI is InChI=1S/C20H16FN5O2S/c1-11-8-16(25-24-11)20(28)26-7-6-14-15(9-22)19(29-17(14)10-26)23-18(27)12-2-4-13(21)5-3-12/h2-5,8H,6-7,10H2,1H3,(H,23,27)(H,24,25). The topological polar surface area (TPSA) is 102 Å². The Kier molecular flexibility index (Phi) is 4.86. The number of H-pyrrole nitrogens is 1. The second kappa shape index (κ2) is 7.48. The largest absolute Gasteiger partial charge is 0.332 e. The number of carbonyl (C=O) groups excluding carboxylic acids is 2. The molecule has 3 heterocycles. The van der Waals surface area contributed by atoms with Gasteiger partial charge < -0.3 is 10.2 Å². The maximum absolute atomic E-state index is 13.1. The first kappa shape index (κ1) is 18.8. The van der Waals surface area contributed by atoms with Crippen molar-refractivity contribution in [3.8, 4) is 6.07 Å². The fraction of sp³-hybridized carbons (Fsp3) is 0.200. The molecular weight excluding hydrogens is 393 g/mol. The molecule has 0 spiro atoms. The van der Waals surface area contributed by atoms with Crippen LogP contribution in [0.2, 0.25) is 0 Å². The summed E-state index contributed by atoms with van der Waals surface area (Å²) in [4.78, 5) is 27.7. The molecule has 1 aliphatic rings. The minimum absolute atomic E-state index is 0.177. The van der Waals surface area contributed by atoms with Crippen LogP contribution in [0.4, 0.5) is 9.39 Å². The van der Waals surface area contributed by atoms with Crippen molar-refractivity contribution in [2.75, 3.05) is 11.9 Å². The van der Waals surface area contributed by atoms with E-state index >= 15 is 0 Å². The number of rotatable bonds is 3. The Morgan fingerprint density at radius 1 is 1.34 bits per heavy atom. The monoisotopic (exact) mass is 409 g/mol. The molecule has 0 aliphatic carbocycles. The Bertz CT molecular complexity index is 1140. The number of aromatic amines is 1. The highest BCUT2D eigenvalue weighted by Gasteiger charge is 2.29. The van der Waals surface area contributed by atoms with Crippen LogP contribution in [0.1, 0.15) is 42.5 Å². The van der Waals surface area contributed by atoms with Crippen LogP contribution < -0.4 is 5.32 Å². The maximum Gasteiger partial charge on any atom is 0.274 e. The Labute approximate surface area is 169 Å². The van der Waals surface area contributed by atoms with Gasteiger partial charge in [0, 0.05) is 22.7 Å². The number of thiophene rings is 1. The van der Waals surface area contributed by atoms with E-state index in [0.717, 1.165) is 16.1 Å². The smallest absolute Gasteiger partial charge is 0.274 e. The van der Waals surface area contributed by atoms with Crippen molar-refractivity contribution in [2.45, 2.75) is 19.9 Å². The highest BCUT2D eigenvalue weighted by molar-refractivity contribution is 7.16. The molecule has 2 aromatic heterocycles. The number of aryl methyl sites for hydroxylation is 1. The van der Waals surface area contributed by atoms with Gasteiger partial charge in [-0.2, -0.15) is 10.4 Å². The van der Waals surface area contributed by atoms with E-state index in [-0.39, 0.29) is 5.91 Å². The third kappa shape index (κ3) is 3.62. The minimum atomic E-state index is -0.428. The van der Waals surface area contributed by atoms with Crippen molar-refractivity contribution in [1.82, 2.24) is 15.1 Å². The number of nitriles is 1. The molecule has 3 aromatic rings. The first-order chi connectivity index (χ1) is 14.0. The Hall–Kier alpha value is -3.51. The predicted octanol–water partition coefficient (Wildman–Crippen LogP) is 3.24. The number of anilines is 1. The van der Waals surface area contributed by atoms with Gasteiger partial charge in [-0.1, -0.05) is 0 Å². The van der Waals surface area contributed by atoms with Crippen LogP contribution in [0.5, 0.6) is 0 Å². The summed E-state index contributed by atoms with van der Waals surface area (Å²) in [5, 5.41) is 19.6. The van der Waals surface area contributed by atoms with Crippen molar-refractivity contribution < 1.29 is 14.0 Å². The molecule has 2 N–H and O–H groups in total. The third-order valence-electron chi connectivity index (χ3n) is 4.71. The SMILES string of the molecule is Cc1cc(C(=O)N2CCc3c(sc(NC(=O)c4ccc(F)cc4)c3C#N)C2)n[nH]1. The van der Waals surface area contributed by atoms with Crippen LogP contribution in [0.15, 0.2) is 30.3 Å². The fourth-order valence-electron chi connectivity index (χ4n) is 3.25. The van der Waals surface area contributed by atoms with Crippen LogP contribution in [-0.4, -0.2) is 33.5 Å². The van der Waals surface area contributed by atoms with Crippen LogP contribution >= 0.6 is 11.3 Å². The summed E-state index contributed by atoms with van der Waals surface area (Å²) in [5.74, 6) is -1.02. The van der Waals surface area contributed by atoms with Crippen molar-refractivity contribution >= 4 is 28.2 Å². The number of aromatic nitrogens is 2. The van der Waals surface area contributed by atoms with Gasteiger partial charge in [-0.15, -0.1) is 11.3 Å². The molecule has 0 saturated heterocycles. The van der Waals surface area contributed by atoms with Crippen LogP contribution in [0, 0.1) is 24.1 Å². The predicted molar refractivity (Wildman–Crippen MR) is 105 cm³/mol. The van der Waals surface area contributed by atoms with Gasteiger partial charge in [0.2, 0.25) is 0 Å². The second-order valence-electron chi connectivity index (χ2n) is 6.69. The van der Waals surface area contributed by atoms with Gasteiger partial charge >= 0.3 is 0 Å². The fourth-order valence-corrected chi connectivity index (χ4v) is 4.46. The van der Waals surface area contributed by atoms with Gasteiger partial charge in [-0.25, -0.2) is 4.39 Å². The summed E-state index contributed by atoms with van der Waals surface area (Å²) in [5.41, 5.74) is 2.73. The van der Waals surface area contributed by atoms with E-state index in [1.54, 1.807) is 11.0 Å². The van der Waals surface area contributed by atoms with E-state index in [2.05, 4.69) is 21.6 Å². The van der Waals surface area contributed by atoms with Gasteiger partial charge in [-0.05, 0) is 49.2 Å². The van der Waals surface area contributed by atoms with Gasteiger partial charge in [0.25, 0.3) is 11.8 Å². The first-order valence-electron chi connectivity index (χ1n) is 8.89. The molecule has 1 aromatic carbocycles. The first-order valence-corrected chi connectivity index (χ1v) is 9.70. The minimum Gasteiger partial charge on any atom is -0.332 e. The molecule has 0 radical (unpaired) electrons. The summed E-state index contributed by atoms with van der Waals surface area (Å²) >= 11 is 1.28. The zero-order valence-electron chi connectivity index (χ0n) is 15.5. The van der Waals surface area contributed by atoms with Crippen LogP contribution in [-0.2, 0) is 13.0 Å². The number of hydrogen-bond donors (Lipinski definition) is 2. The lowest BCUT2D eigenvalue weighted by Gasteiger charge is -2.26. The number of amides is 2. The molecule has 0 saturated carbocycles. The molecule has 4 rings (SSSR count). The van der Waals surface area contributed by atoms with E-state index in [0.29, 0.717) is 41.3 Å². The molecule has 9 heteroatoms. The van der Waals surface area contributed by atoms with Gasteiger partial charge in [0.05, 0.1) is 12.1 Å². The maximum atomic E-state index is 13.1. The number of nitrogens with one attached hydrogen (secondary N) is 2. The van der Waals surface area contributed by atoms with Gasteiger partial charge in [0.1, 0.15) is 22.6 Å². The van der Waals surface area contributed by atoms with Gasteiger partial charge in [0.15, 0.2) is 0 Å². The van der Waals surface area contributed by atoms with Crippen molar-refractivity contribution in [3.63, 3.8) is 0 Å². The Morgan fingerprint density at radius 2 is 2.10 bits per heavy atom. The molecule has 0 unspecified atom stereocenters. The molecule has 1 aliphatic heterocycles. The normalized spacial score (nSPS) is 12.9. The summed E-state index contributed by atoms with van der Waals surface area (Å²) < 4.78 is 13.1. The lowest BCUT2D eigenvalue weighted by Crippen LogP contribution is -2.35. The van der Waals surface area contributed by atoms with E-state index in [1.807, 2.05) is 6.92 Å². The lowest BCUT2D eigenvalue weighted by atomic mass is 10.0. The molecule has 0 atom stereocenters. The number of benzene rings is 1. The summed E-state index contributed by atoms with van der Waals surface area (Å²) in [7, 11) is 0. The number of hydrogen-bond acceptors (Lipinski definition) is 5. The van der Waals surface area contributed by atoms with E-state index in [1.165, 1.54) is 35.6 Å². The second-order valence-corrected chi connectivity index (χ2v) is 7.80. The molecule has 146 valence electrons. The molecule has 0 bridgehead atoms. The van der Waals surface area contributed by atoms with Crippen LogP contribution in [0.25, 0.3) is 0 Å². The zero-order valence-corrected chi connectivity index (χ0v) is 16.3. The molecule has 29 heavy (non-hydrogen) atoms. The van der Waals surface area contributed by atoms with E-state index in [9.17, 15) is 19.2 Å². The quantitative estimate of drug-likeness (QED) is 0.693. The lowest BCUT2D eigenvalue weighted by molar-refractivity contribution is 0.0731. The van der Waals surface area contributed by atoms with Crippen LogP contribution in [0.3, 0.4) is 0 Å². The third-order valence-corrected chi connectivity index (χ3v) is 5.85. The molecular formula is C20H16FN5O2S. The Morgan fingerprint density at radius 3 is 2.76 bits per heavy atom. The average Bonchev–Trinajstić information content (AvgIpc) is 3.30. The van der Waals surface area contributed by atoms with E-state index < -0.39 is 11.7 Å². The van der Waals surface area contributed by atoms with Crippen molar-refractivity contribution in [3.05, 3.63) is 69.1 Å². The average molecular weight is 409 g/mol. The van der Waals surface area contributed by atoms with Gasteiger partial charge in [-0.3, -0.25) is 14.7 Å². The number of nitrogens with zero attached hydrogens (tertiary/aromatic N) is 3. The summed E-state index contributed by atoms with van der Waals surface area (Å²) in [6, 6.07) is 9.05. The highest BCUT2D eigenvalue weighted by Crippen LogP contribution is 2.37. The molecule has 2 amide bonds. The van der Waals surface area contributed by atoms with Crippen molar-refractivity contribution in [2.24, 2.45) is 0 Å².